The summed E-state index contributed by atoms with van der Waals surface area (Å²) in [5.74, 6) is 0.930. The van der Waals surface area contributed by atoms with Crippen LogP contribution in [0.2, 0.25) is 0 Å². The number of rotatable bonds is 6. The minimum Gasteiger partial charge on any atom is -0.490 e. The molecule has 20 heavy (non-hydrogen) atoms. The van der Waals surface area contributed by atoms with Crippen LogP contribution < -0.4 is 10.5 Å². The number of aryl methyl sites for hydroxylation is 1. The van der Waals surface area contributed by atoms with Crippen molar-refractivity contribution in [3.63, 3.8) is 0 Å². The molecule has 106 valence electrons. The van der Waals surface area contributed by atoms with Gasteiger partial charge in [0.2, 0.25) is 0 Å². The first-order valence-electron chi connectivity index (χ1n) is 7.11. The number of hydrogen-bond donors (Lipinski definition) is 1. The summed E-state index contributed by atoms with van der Waals surface area (Å²) in [6.07, 6.45) is 4.76. The summed E-state index contributed by atoms with van der Waals surface area (Å²) in [6.45, 7) is 2.14. The van der Waals surface area contributed by atoms with E-state index >= 15 is 0 Å². The predicted molar refractivity (Wildman–Crippen MR) is 80.0 cm³/mol. The van der Waals surface area contributed by atoms with Crippen LogP contribution in [0.5, 0.6) is 5.75 Å². The van der Waals surface area contributed by atoms with Gasteiger partial charge in [-0.25, -0.2) is 0 Å². The van der Waals surface area contributed by atoms with Crippen LogP contribution in [0, 0.1) is 0 Å². The maximum Gasteiger partial charge on any atom is 0.119 e. The van der Waals surface area contributed by atoms with Gasteiger partial charge in [0, 0.05) is 0 Å². The van der Waals surface area contributed by atoms with E-state index in [1.165, 1.54) is 24.4 Å². The molecule has 1 aromatic heterocycles. The van der Waals surface area contributed by atoms with Crippen LogP contribution in [0.25, 0.3) is 0 Å². The largest absolute Gasteiger partial charge is 0.490 e. The van der Waals surface area contributed by atoms with Crippen LogP contribution in [0.15, 0.2) is 24.3 Å². The molecule has 1 aliphatic rings. The molecule has 1 aliphatic carbocycles. The molecular weight excluding hydrogens is 270 g/mol. The molecule has 1 heterocycles. The highest BCUT2D eigenvalue weighted by atomic mass is 32.1. The molecule has 0 saturated heterocycles. The lowest BCUT2D eigenvalue weighted by Crippen LogP contribution is -2.12. The summed E-state index contributed by atoms with van der Waals surface area (Å²) in [5, 5.41) is 4.18. The molecule has 1 saturated carbocycles. The van der Waals surface area contributed by atoms with Gasteiger partial charge in [-0.1, -0.05) is 30.0 Å². The monoisotopic (exact) mass is 289 g/mol. The molecule has 4 nitrogen and oxygen atoms in total. The average Bonchev–Trinajstić information content (AvgIpc) is 3.15. The SMILES string of the molecule is CCCc1nnsc1C(N)c1ccc(OC2CC2)cc1. The topological polar surface area (TPSA) is 61.0 Å². The highest BCUT2D eigenvalue weighted by molar-refractivity contribution is 7.05. The van der Waals surface area contributed by atoms with Gasteiger partial charge in [-0.3, -0.25) is 0 Å². The molecule has 0 spiro atoms. The highest BCUT2D eigenvalue weighted by Crippen LogP contribution is 2.29. The fraction of sp³-hybridized carbons (Fsp3) is 0.467. The van der Waals surface area contributed by atoms with E-state index in [0.29, 0.717) is 6.10 Å². The van der Waals surface area contributed by atoms with Crippen LogP contribution in [-0.2, 0) is 6.42 Å². The van der Waals surface area contributed by atoms with Gasteiger partial charge in [0.15, 0.2) is 0 Å². The number of hydrogen-bond acceptors (Lipinski definition) is 5. The van der Waals surface area contributed by atoms with Crippen LogP contribution in [0.1, 0.15) is 48.4 Å². The summed E-state index contributed by atoms with van der Waals surface area (Å²) in [4.78, 5) is 1.07. The van der Waals surface area contributed by atoms with Crippen LogP contribution in [-0.4, -0.2) is 15.7 Å². The minimum absolute atomic E-state index is 0.147. The van der Waals surface area contributed by atoms with Gasteiger partial charge < -0.3 is 10.5 Å². The molecule has 2 aromatic rings. The maximum absolute atomic E-state index is 6.35. The Bertz CT molecular complexity index is 563. The summed E-state index contributed by atoms with van der Waals surface area (Å²) in [7, 11) is 0. The van der Waals surface area contributed by atoms with Crippen molar-refractivity contribution in [3.05, 3.63) is 40.4 Å². The predicted octanol–water partition coefficient (Wildman–Crippen LogP) is 3.08. The lowest BCUT2D eigenvalue weighted by atomic mass is 10.0. The average molecular weight is 289 g/mol. The molecule has 1 fully saturated rings. The standard InChI is InChI=1S/C15H19N3OS/c1-2-3-13-15(20-18-17-13)14(16)10-4-6-11(7-5-10)19-12-8-9-12/h4-7,12,14H,2-3,8-9,16H2,1H3. The van der Waals surface area contributed by atoms with E-state index in [2.05, 4.69) is 16.5 Å². The number of benzene rings is 1. The molecule has 1 atom stereocenters. The van der Waals surface area contributed by atoms with Crippen molar-refractivity contribution >= 4 is 11.5 Å². The smallest absolute Gasteiger partial charge is 0.119 e. The van der Waals surface area contributed by atoms with E-state index < -0.39 is 0 Å². The minimum atomic E-state index is -0.147. The third kappa shape index (κ3) is 2.99. The number of nitrogens with zero attached hydrogens (tertiary/aromatic N) is 2. The van der Waals surface area contributed by atoms with Crippen molar-refractivity contribution in [2.45, 2.75) is 44.8 Å². The lowest BCUT2D eigenvalue weighted by Gasteiger charge is -2.12. The molecule has 0 amide bonds. The van der Waals surface area contributed by atoms with Crippen molar-refractivity contribution in [3.8, 4) is 5.75 Å². The first-order chi connectivity index (χ1) is 9.78. The molecule has 1 aromatic carbocycles. The van der Waals surface area contributed by atoms with E-state index in [4.69, 9.17) is 10.5 Å². The molecule has 1 unspecified atom stereocenters. The van der Waals surface area contributed by atoms with Gasteiger partial charge in [0.1, 0.15) is 5.75 Å². The Hall–Kier alpha value is -1.46. The van der Waals surface area contributed by atoms with Gasteiger partial charge in [0.05, 0.1) is 22.7 Å². The first kappa shape index (κ1) is 13.5. The van der Waals surface area contributed by atoms with Crippen molar-refractivity contribution in [1.29, 1.82) is 0 Å². The maximum atomic E-state index is 6.35. The summed E-state index contributed by atoms with van der Waals surface area (Å²) in [5.41, 5.74) is 8.46. The normalized spacial score (nSPS) is 16.1. The fourth-order valence-electron chi connectivity index (χ4n) is 2.15. The van der Waals surface area contributed by atoms with Gasteiger partial charge in [-0.05, 0) is 48.5 Å². The second-order valence-electron chi connectivity index (χ2n) is 5.20. The van der Waals surface area contributed by atoms with E-state index in [-0.39, 0.29) is 6.04 Å². The number of aromatic nitrogens is 2. The van der Waals surface area contributed by atoms with Crippen molar-refractivity contribution in [2.24, 2.45) is 5.73 Å². The third-order valence-corrected chi connectivity index (χ3v) is 4.27. The number of ether oxygens (including phenoxy) is 1. The second-order valence-corrected chi connectivity index (χ2v) is 5.98. The zero-order valence-electron chi connectivity index (χ0n) is 11.6. The van der Waals surface area contributed by atoms with Crippen LogP contribution in [0.4, 0.5) is 0 Å². The Morgan fingerprint density at radius 1 is 1.35 bits per heavy atom. The van der Waals surface area contributed by atoms with Crippen LogP contribution >= 0.6 is 11.5 Å². The van der Waals surface area contributed by atoms with Gasteiger partial charge in [-0.15, -0.1) is 5.10 Å². The van der Waals surface area contributed by atoms with Crippen molar-refractivity contribution in [1.82, 2.24) is 9.59 Å². The molecule has 0 radical (unpaired) electrons. The molecular formula is C15H19N3OS. The summed E-state index contributed by atoms with van der Waals surface area (Å²) >= 11 is 1.40. The van der Waals surface area contributed by atoms with E-state index in [9.17, 15) is 0 Å². The molecule has 5 heteroatoms. The van der Waals surface area contributed by atoms with Gasteiger partial charge in [-0.2, -0.15) is 0 Å². The third-order valence-electron chi connectivity index (χ3n) is 3.42. The molecule has 0 aliphatic heterocycles. The summed E-state index contributed by atoms with van der Waals surface area (Å²) < 4.78 is 9.79. The van der Waals surface area contributed by atoms with E-state index in [1.54, 1.807) is 0 Å². The Kier molecular flexibility index (Phi) is 3.98. The molecule has 0 bridgehead atoms. The Morgan fingerprint density at radius 3 is 2.75 bits per heavy atom. The Balaban J connectivity index is 1.75. The second kappa shape index (κ2) is 5.89. The lowest BCUT2D eigenvalue weighted by molar-refractivity contribution is 0.303. The van der Waals surface area contributed by atoms with Crippen LogP contribution in [0.3, 0.4) is 0 Å². The van der Waals surface area contributed by atoms with E-state index in [1.807, 2.05) is 24.3 Å². The first-order valence-corrected chi connectivity index (χ1v) is 7.88. The zero-order chi connectivity index (χ0) is 13.9. The van der Waals surface area contributed by atoms with Crippen molar-refractivity contribution in [2.75, 3.05) is 0 Å². The van der Waals surface area contributed by atoms with E-state index in [0.717, 1.165) is 34.7 Å². The fourth-order valence-corrected chi connectivity index (χ4v) is 2.87. The van der Waals surface area contributed by atoms with Crippen molar-refractivity contribution < 1.29 is 4.74 Å². The molecule has 2 N–H and O–H groups in total. The quantitative estimate of drug-likeness (QED) is 0.887. The molecule has 3 rings (SSSR count). The Labute approximate surface area is 123 Å². The Morgan fingerprint density at radius 2 is 2.10 bits per heavy atom. The number of nitrogens with two attached hydrogens (primary N) is 1. The van der Waals surface area contributed by atoms with Gasteiger partial charge >= 0.3 is 0 Å². The highest BCUT2D eigenvalue weighted by Gasteiger charge is 2.23. The van der Waals surface area contributed by atoms with Gasteiger partial charge in [0.25, 0.3) is 0 Å². The zero-order valence-corrected chi connectivity index (χ0v) is 12.4. The summed E-state index contributed by atoms with van der Waals surface area (Å²) in [6, 6.07) is 7.94.